The topological polar surface area (TPSA) is 61.4 Å². The van der Waals surface area contributed by atoms with Crippen molar-refractivity contribution in [2.75, 3.05) is 32.0 Å². The standard InChI is InChI=1S/C20H31N3O2.ClH/c1-20(2,3)19(25)22-17-8-6-5-7-16(17)18(24)23-13-10-15(11-14-23)9-12-21-4;/h5-8,15,21H,9-14H2,1-4H3,(H,22,25);1H. The summed E-state index contributed by atoms with van der Waals surface area (Å²) in [5, 5.41) is 6.10. The van der Waals surface area contributed by atoms with Crippen LogP contribution in [0.4, 0.5) is 5.69 Å². The van der Waals surface area contributed by atoms with E-state index in [9.17, 15) is 9.59 Å². The van der Waals surface area contributed by atoms with Crippen LogP contribution in [0.1, 0.15) is 50.4 Å². The van der Waals surface area contributed by atoms with Crippen LogP contribution >= 0.6 is 12.4 Å². The highest BCUT2D eigenvalue weighted by molar-refractivity contribution is 6.04. The minimum atomic E-state index is -0.498. The zero-order chi connectivity index (χ0) is 18.4. The fraction of sp³-hybridized carbons (Fsp3) is 0.600. The van der Waals surface area contributed by atoms with Crippen molar-refractivity contribution in [3.63, 3.8) is 0 Å². The molecule has 0 aromatic heterocycles. The SMILES string of the molecule is CNCCC1CCN(C(=O)c2ccccc2NC(=O)C(C)(C)C)CC1.Cl. The average molecular weight is 382 g/mol. The van der Waals surface area contributed by atoms with Gasteiger partial charge in [0.1, 0.15) is 0 Å². The Hall–Kier alpha value is -1.59. The summed E-state index contributed by atoms with van der Waals surface area (Å²) in [6.07, 6.45) is 3.25. The van der Waals surface area contributed by atoms with Gasteiger partial charge in [-0.1, -0.05) is 32.9 Å². The van der Waals surface area contributed by atoms with E-state index in [0.29, 0.717) is 17.2 Å². The number of anilines is 1. The number of nitrogens with one attached hydrogen (secondary N) is 2. The van der Waals surface area contributed by atoms with Crippen LogP contribution in [0, 0.1) is 11.3 Å². The lowest BCUT2D eigenvalue weighted by Crippen LogP contribution is -2.39. The van der Waals surface area contributed by atoms with E-state index < -0.39 is 5.41 Å². The molecule has 1 heterocycles. The van der Waals surface area contributed by atoms with Gasteiger partial charge in [0.15, 0.2) is 0 Å². The first-order valence-corrected chi connectivity index (χ1v) is 9.17. The summed E-state index contributed by atoms with van der Waals surface area (Å²) in [7, 11) is 1.97. The monoisotopic (exact) mass is 381 g/mol. The lowest BCUT2D eigenvalue weighted by atomic mass is 9.93. The molecule has 1 aromatic carbocycles. The Labute approximate surface area is 163 Å². The van der Waals surface area contributed by atoms with Crippen LogP contribution in [-0.2, 0) is 4.79 Å². The molecule has 2 amide bonds. The molecule has 1 aromatic rings. The van der Waals surface area contributed by atoms with Crippen LogP contribution in [0.25, 0.3) is 0 Å². The number of carbonyl (C=O) groups is 2. The number of hydrogen-bond acceptors (Lipinski definition) is 3. The van der Waals surface area contributed by atoms with E-state index in [0.717, 1.165) is 38.9 Å². The summed E-state index contributed by atoms with van der Waals surface area (Å²) < 4.78 is 0. The molecular weight excluding hydrogens is 350 g/mol. The van der Waals surface area contributed by atoms with Crippen LogP contribution < -0.4 is 10.6 Å². The van der Waals surface area contributed by atoms with E-state index in [1.165, 1.54) is 0 Å². The molecule has 5 nitrogen and oxygen atoms in total. The molecule has 0 atom stereocenters. The Morgan fingerprint density at radius 1 is 1.15 bits per heavy atom. The maximum Gasteiger partial charge on any atom is 0.255 e. The molecule has 146 valence electrons. The van der Waals surface area contributed by atoms with Crippen LogP contribution in [0.5, 0.6) is 0 Å². The summed E-state index contributed by atoms with van der Waals surface area (Å²) in [6.45, 7) is 8.19. The molecule has 0 unspecified atom stereocenters. The second-order valence-electron chi connectivity index (χ2n) is 7.88. The summed E-state index contributed by atoms with van der Waals surface area (Å²) in [5.74, 6) is 0.614. The Morgan fingerprint density at radius 3 is 2.35 bits per heavy atom. The second kappa shape index (κ2) is 9.93. The third-order valence-electron chi connectivity index (χ3n) is 4.79. The second-order valence-corrected chi connectivity index (χ2v) is 7.88. The van der Waals surface area contributed by atoms with E-state index in [-0.39, 0.29) is 24.2 Å². The van der Waals surface area contributed by atoms with Crippen molar-refractivity contribution >= 4 is 29.9 Å². The minimum Gasteiger partial charge on any atom is -0.339 e. The zero-order valence-corrected chi connectivity index (χ0v) is 17.1. The van der Waals surface area contributed by atoms with Crippen molar-refractivity contribution in [1.82, 2.24) is 10.2 Å². The highest BCUT2D eigenvalue weighted by atomic mass is 35.5. The predicted molar refractivity (Wildman–Crippen MR) is 109 cm³/mol. The first-order chi connectivity index (χ1) is 11.8. The maximum atomic E-state index is 12.9. The van der Waals surface area contributed by atoms with E-state index in [1.54, 1.807) is 12.1 Å². The molecule has 0 radical (unpaired) electrons. The van der Waals surface area contributed by atoms with Crippen molar-refractivity contribution in [3.8, 4) is 0 Å². The summed E-state index contributed by atoms with van der Waals surface area (Å²) in [5.41, 5.74) is 0.681. The van der Waals surface area contributed by atoms with E-state index >= 15 is 0 Å². The lowest BCUT2D eigenvalue weighted by Gasteiger charge is -2.32. The quantitative estimate of drug-likeness (QED) is 0.819. The van der Waals surface area contributed by atoms with Gasteiger partial charge in [-0.25, -0.2) is 0 Å². The molecule has 1 aliphatic heterocycles. The predicted octanol–water partition coefficient (Wildman–Crippen LogP) is 3.55. The number of likely N-dealkylation sites (tertiary alicyclic amines) is 1. The smallest absolute Gasteiger partial charge is 0.255 e. The fourth-order valence-corrected chi connectivity index (χ4v) is 3.03. The van der Waals surface area contributed by atoms with Gasteiger partial charge in [0.2, 0.25) is 5.91 Å². The zero-order valence-electron chi connectivity index (χ0n) is 16.3. The van der Waals surface area contributed by atoms with Crippen LogP contribution in [0.3, 0.4) is 0 Å². The van der Waals surface area contributed by atoms with E-state index in [1.807, 2.05) is 44.9 Å². The highest BCUT2D eigenvalue weighted by Crippen LogP contribution is 2.25. The number of piperidine rings is 1. The normalized spacial score (nSPS) is 15.3. The van der Waals surface area contributed by atoms with Crippen LogP contribution in [0.15, 0.2) is 24.3 Å². The van der Waals surface area contributed by atoms with Gasteiger partial charge in [0.25, 0.3) is 5.91 Å². The van der Waals surface area contributed by atoms with Gasteiger partial charge in [-0.3, -0.25) is 9.59 Å². The molecule has 1 saturated heterocycles. The van der Waals surface area contributed by atoms with Gasteiger partial charge in [0.05, 0.1) is 11.3 Å². The summed E-state index contributed by atoms with van der Waals surface area (Å²) in [4.78, 5) is 27.1. The molecule has 6 heteroatoms. The first kappa shape index (κ1) is 22.5. The maximum absolute atomic E-state index is 12.9. The average Bonchev–Trinajstić information content (AvgIpc) is 2.59. The number of benzene rings is 1. The molecule has 0 spiro atoms. The highest BCUT2D eigenvalue weighted by Gasteiger charge is 2.27. The van der Waals surface area contributed by atoms with Crippen molar-refractivity contribution in [1.29, 1.82) is 0 Å². The number of para-hydroxylation sites is 1. The molecular formula is C20H32ClN3O2. The van der Waals surface area contributed by atoms with E-state index in [2.05, 4.69) is 10.6 Å². The lowest BCUT2D eigenvalue weighted by molar-refractivity contribution is -0.123. The molecule has 0 aliphatic carbocycles. The van der Waals surface area contributed by atoms with Crippen molar-refractivity contribution in [3.05, 3.63) is 29.8 Å². The van der Waals surface area contributed by atoms with Crippen molar-refractivity contribution in [2.45, 2.75) is 40.0 Å². The number of hydrogen-bond donors (Lipinski definition) is 2. The van der Waals surface area contributed by atoms with Gasteiger partial charge in [0, 0.05) is 18.5 Å². The first-order valence-electron chi connectivity index (χ1n) is 9.17. The number of carbonyl (C=O) groups excluding carboxylic acids is 2. The summed E-state index contributed by atoms with van der Waals surface area (Å²) in [6, 6.07) is 7.29. The molecule has 0 bridgehead atoms. The van der Waals surface area contributed by atoms with Gasteiger partial charge >= 0.3 is 0 Å². The summed E-state index contributed by atoms with van der Waals surface area (Å²) >= 11 is 0. The number of amides is 2. The fourth-order valence-electron chi connectivity index (χ4n) is 3.03. The third kappa shape index (κ3) is 5.99. The molecule has 0 saturated carbocycles. The number of nitrogens with zero attached hydrogens (tertiary/aromatic N) is 1. The Bertz CT molecular complexity index is 605. The molecule has 2 rings (SSSR count). The number of rotatable bonds is 5. The van der Waals surface area contributed by atoms with Gasteiger partial charge < -0.3 is 15.5 Å². The Morgan fingerprint density at radius 2 is 1.77 bits per heavy atom. The largest absolute Gasteiger partial charge is 0.339 e. The van der Waals surface area contributed by atoms with E-state index in [4.69, 9.17) is 0 Å². The van der Waals surface area contributed by atoms with Gasteiger partial charge in [-0.15, -0.1) is 12.4 Å². The Kier molecular flexibility index (Phi) is 8.57. The van der Waals surface area contributed by atoms with Crippen molar-refractivity contribution in [2.24, 2.45) is 11.3 Å². The van der Waals surface area contributed by atoms with Gasteiger partial charge in [-0.2, -0.15) is 0 Å². The molecule has 1 aliphatic rings. The van der Waals surface area contributed by atoms with Crippen LogP contribution in [0.2, 0.25) is 0 Å². The minimum absolute atomic E-state index is 0. The molecule has 1 fully saturated rings. The Balaban J connectivity index is 0.00000338. The number of halogens is 1. The van der Waals surface area contributed by atoms with Gasteiger partial charge in [-0.05, 0) is 50.9 Å². The molecule has 2 N–H and O–H groups in total. The van der Waals surface area contributed by atoms with Crippen LogP contribution in [-0.4, -0.2) is 43.4 Å². The van der Waals surface area contributed by atoms with Crippen molar-refractivity contribution < 1.29 is 9.59 Å². The third-order valence-corrected chi connectivity index (χ3v) is 4.79. The molecule has 26 heavy (non-hydrogen) atoms.